The molecule has 7 heteroatoms. The van der Waals surface area contributed by atoms with Gasteiger partial charge in [-0.25, -0.2) is 0 Å². The Hall–Kier alpha value is -2.19. The van der Waals surface area contributed by atoms with Crippen molar-refractivity contribution in [3.8, 4) is 5.75 Å². The molecule has 1 amide bonds. The van der Waals surface area contributed by atoms with Crippen LogP contribution in [0.2, 0.25) is 18.1 Å². The number of carbonyl (C=O) groups excluding carboxylic acids is 1. The Morgan fingerprint density at radius 2 is 1.73 bits per heavy atom. The highest BCUT2D eigenvalue weighted by atomic mass is 28.4. The number of aliphatic hydroxyl groups excluding tert-OH is 1. The van der Waals surface area contributed by atoms with E-state index in [-0.39, 0.29) is 35.3 Å². The molecule has 1 aliphatic rings. The second-order valence-corrected chi connectivity index (χ2v) is 18.0. The number of aromatic hydroxyl groups is 1. The van der Waals surface area contributed by atoms with E-state index in [9.17, 15) is 19.8 Å². The molecule has 2 aromatic carbocycles. The first-order chi connectivity index (χ1) is 19.4. The van der Waals surface area contributed by atoms with Crippen molar-refractivity contribution in [1.29, 1.82) is 0 Å². The molecule has 0 unspecified atom stereocenters. The van der Waals surface area contributed by atoms with Crippen LogP contribution in [0.25, 0.3) is 0 Å². The van der Waals surface area contributed by atoms with Gasteiger partial charge < -0.3 is 25.6 Å². The van der Waals surface area contributed by atoms with E-state index < -0.39 is 8.32 Å². The first-order valence-corrected chi connectivity index (χ1v) is 18.6. The number of hydrogen-bond acceptors (Lipinski definition) is 5. The van der Waals surface area contributed by atoms with Gasteiger partial charge in [0.1, 0.15) is 5.75 Å². The largest absolute Gasteiger partial charge is 0.508 e. The van der Waals surface area contributed by atoms with Gasteiger partial charge in [0, 0.05) is 24.7 Å². The van der Waals surface area contributed by atoms with Gasteiger partial charge in [-0.3, -0.25) is 4.79 Å². The van der Waals surface area contributed by atoms with E-state index >= 15 is 0 Å². The number of carbonyl (C=O) groups is 1. The van der Waals surface area contributed by atoms with E-state index in [4.69, 9.17) is 0 Å². The number of amides is 1. The maximum atomic E-state index is 12.7. The highest BCUT2D eigenvalue weighted by molar-refractivity contribution is 6.72. The van der Waals surface area contributed by atoms with Gasteiger partial charge in [-0.2, -0.15) is 0 Å². The third-order valence-corrected chi connectivity index (χ3v) is 12.8. The summed E-state index contributed by atoms with van der Waals surface area (Å²) in [6, 6.07) is 14.0. The zero-order chi connectivity index (χ0) is 30.0. The summed E-state index contributed by atoms with van der Waals surface area (Å²) in [5, 5.41) is 26.5. The molecular weight excluding hydrogens is 528 g/mol. The summed E-state index contributed by atoms with van der Waals surface area (Å²) in [4.78, 5) is 23.6. The van der Waals surface area contributed by atoms with Gasteiger partial charge in [0.2, 0.25) is 5.91 Å². The number of rotatable bonds is 14. The van der Waals surface area contributed by atoms with Gasteiger partial charge in [-0.15, -0.1) is 0 Å². The molecule has 0 radical (unpaired) electrons. The SMILES string of the molecule is C[C@H](Cc1cccc(CC(=O)NCC2CCCCCC2)c1)NC[C@H](CC(C)(C)[Si](C)(C)O)c1ccc(O)c(CO)c1. The molecule has 2 aromatic rings. The number of benzene rings is 2. The molecule has 0 aliphatic heterocycles. The zero-order valence-electron chi connectivity index (χ0n) is 26.0. The summed E-state index contributed by atoms with van der Waals surface area (Å²) in [7, 11) is -2.43. The number of nitrogens with one attached hydrogen (secondary N) is 2. The molecule has 0 saturated heterocycles. The molecule has 1 aliphatic carbocycles. The fraction of sp³-hybridized carbons (Fsp3) is 0.618. The zero-order valence-corrected chi connectivity index (χ0v) is 27.0. The highest BCUT2D eigenvalue weighted by Gasteiger charge is 2.40. The summed E-state index contributed by atoms with van der Waals surface area (Å²) in [5.41, 5.74) is 3.82. The Labute approximate surface area is 249 Å². The Kier molecular flexibility index (Phi) is 12.5. The predicted molar refractivity (Wildman–Crippen MR) is 171 cm³/mol. The Morgan fingerprint density at radius 3 is 2.39 bits per heavy atom. The molecule has 2 atom stereocenters. The first-order valence-electron chi connectivity index (χ1n) is 15.6. The number of phenols is 1. The van der Waals surface area contributed by atoms with Gasteiger partial charge >= 0.3 is 0 Å². The lowest BCUT2D eigenvalue weighted by Crippen LogP contribution is -2.41. The second kappa shape index (κ2) is 15.3. The van der Waals surface area contributed by atoms with E-state index in [1.807, 2.05) is 37.4 Å². The minimum atomic E-state index is -2.43. The van der Waals surface area contributed by atoms with Crippen molar-refractivity contribution in [2.24, 2.45) is 5.92 Å². The molecule has 41 heavy (non-hydrogen) atoms. The van der Waals surface area contributed by atoms with Gasteiger partial charge in [0.05, 0.1) is 13.0 Å². The molecule has 0 heterocycles. The van der Waals surface area contributed by atoms with Gasteiger partial charge in [-0.1, -0.05) is 69.9 Å². The lowest BCUT2D eigenvalue weighted by molar-refractivity contribution is -0.120. The molecule has 1 saturated carbocycles. The van der Waals surface area contributed by atoms with Crippen LogP contribution in [-0.2, 0) is 24.2 Å². The molecule has 3 rings (SSSR count). The van der Waals surface area contributed by atoms with E-state index in [0.717, 1.165) is 30.5 Å². The lowest BCUT2D eigenvalue weighted by Gasteiger charge is -2.38. The van der Waals surface area contributed by atoms with Crippen LogP contribution in [0.1, 0.15) is 93.9 Å². The summed E-state index contributed by atoms with van der Waals surface area (Å²) < 4.78 is 0. The summed E-state index contributed by atoms with van der Waals surface area (Å²) in [6.45, 7) is 11.7. The minimum absolute atomic E-state index is 0.102. The van der Waals surface area contributed by atoms with Crippen molar-refractivity contribution in [2.45, 2.75) is 115 Å². The topological polar surface area (TPSA) is 102 Å². The molecule has 0 aromatic heterocycles. The van der Waals surface area contributed by atoms with E-state index in [1.165, 1.54) is 44.1 Å². The van der Waals surface area contributed by atoms with Crippen LogP contribution >= 0.6 is 0 Å². The Bertz CT molecular complexity index is 1110. The van der Waals surface area contributed by atoms with Gasteiger partial charge in [0.25, 0.3) is 0 Å². The average Bonchev–Trinajstić information content (AvgIpc) is 3.19. The summed E-state index contributed by atoms with van der Waals surface area (Å²) >= 11 is 0. The van der Waals surface area contributed by atoms with Crippen molar-refractivity contribution in [2.75, 3.05) is 13.1 Å². The molecule has 0 bridgehead atoms. The monoisotopic (exact) mass is 582 g/mol. The van der Waals surface area contributed by atoms with Crippen molar-refractivity contribution >= 4 is 14.2 Å². The fourth-order valence-corrected chi connectivity index (χ4v) is 6.62. The molecule has 0 spiro atoms. The lowest BCUT2D eigenvalue weighted by atomic mass is 9.88. The van der Waals surface area contributed by atoms with Crippen LogP contribution in [-0.4, -0.2) is 48.4 Å². The van der Waals surface area contributed by atoms with Gasteiger partial charge in [-0.05, 0) is 91.4 Å². The van der Waals surface area contributed by atoms with E-state index in [0.29, 0.717) is 24.4 Å². The molecule has 1 fully saturated rings. The molecule has 5 N–H and O–H groups in total. The Morgan fingerprint density at radius 1 is 1.05 bits per heavy atom. The van der Waals surface area contributed by atoms with Crippen molar-refractivity contribution in [3.05, 3.63) is 64.7 Å². The first kappa shape index (κ1) is 33.3. The smallest absolute Gasteiger partial charge is 0.224 e. The van der Waals surface area contributed by atoms with Crippen LogP contribution < -0.4 is 10.6 Å². The third-order valence-electron chi connectivity index (χ3n) is 9.33. The minimum Gasteiger partial charge on any atom is -0.508 e. The average molecular weight is 583 g/mol. The van der Waals surface area contributed by atoms with Crippen molar-refractivity contribution < 1.29 is 19.8 Å². The highest BCUT2D eigenvalue weighted by Crippen LogP contribution is 2.44. The standard InChI is InChI=1S/C34H54N2O4Si/c1-25(17-27-13-10-14-28(18-27)19-33(39)36-22-26-11-8-6-7-9-12-26)35-23-31(21-34(2,3)41(4,5)40)29-15-16-32(38)30(20-29)24-37/h10,13-16,18,20,25-26,31,35,37-38,40H,6-9,11-12,17,19,21-24H2,1-5H3,(H,36,39)/t25-,31+/m1/s1. The van der Waals surface area contributed by atoms with Crippen LogP contribution in [0.4, 0.5) is 0 Å². The van der Waals surface area contributed by atoms with Crippen LogP contribution in [0.3, 0.4) is 0 Å². The number of hydrogen-bond donors (Lipinski definition) is 5. The second-order valence-electron chi connectivity index (χ2n) is 13.6. The molecule has 228 valence electrons. The molecular formula is C34H54N2O4Si. The summed E-state index contributed by atoms with van der Waals surface area (Å²) in [5.74, 6) is 0.942. The van der Waals surface area contributed by atoms with Crippen molar-refractivity contribution in [3.63, 3.8) is 0 Å². The molecule has 6 nitrogen and oxygen atoms in total. The maximum Gasteiger partial charge on any atom is 0.224 e. The quantitative estimate of drug-likeness (QED) is 0.135. The fourth-order valence-electron chi connectivity index (χ4n) is 5.87. The third kappa shape index (κ3) is 10.5. The van der Waals surface area contributed by atoms with Crippen LogP contribution in [0, 0.1) is 5.92 Å². The van der Waals surface area contributed by atoms with Gasteiger partial charge in [0.15, 0.2) is 8.32 Å². The summed E-state index contributed by atoms with van der Waals surface area (Å²) in [6.07, 6.45) is 9.73. The predicted octanol–water partition coefficient (Wildman–Crippen LogP) is 6.19. The van der Waals surface area contributed by atoms with Crippen molar-refractivity contribution in [1.82, 2.24) is 10.6 Å². The van der Waals surface area contributed by atoms with Crippen LogP contribution in [0.5, 0.6) is 5.75 Å². The normalized spacial score (nSPS) is 16.7. The van der Waals surface area contributed by atoms with E-state index in [1.54, 1.807) is 6.07 Å². The Balaban J connectivity index is 1.59. The van der Waals surface area contributed by atoms with Crippen LogP contribution in [0.15, 0.2) is 42.5 Å². The van der Waals surface area contributed by atoms with E-state index in [2.05, 4.69) is 43.5 Å². The maximum absolute atomic E-state index is 12.7. The number of aliphatic hydroxyl groups is 1.